The number of hydrogen-bond donors (Lipinski definition) is 0. The molecule has 1 aliphatic heterocycles. The summed E-state index contributed by atoms with van der Waals surface area (Å²) in [5.74, 6) is 0.585. The van der Waals surface area contributed by atoms with Crippen LogP contribution in [0.3, 0.4) is 0 Å². The van der Waals surface area contributed by atoms with Gasteiger partial charge in [-0.2, -0.15) is 5.10 Å². The highest BCUT2D eigenvalue weighted by atomic mass is 15.3. The van der Waals surface area contributed by atoms with E-state index in [1.807, 2.05) is 0 Å². The summed E-state index contributed by atoms with van der Waals surface area (Å²) >= 11 is 0. The van der Waals surface area contributed by atoms with E-state index in [4.69, 9.17) is 5.10 Å². The summed E-state index contributed by atoms with van der Waals surface area (Å²) in [6, 6.07) is 0. The monoisotopic (exact) mass is 234 g/mol. The molecule has 1 aromatic rings. The highest BCUT2D eigenvalue weighted by molar-refractivity contribution is 5.35. The second kappa shape index (κ2) is 4.47. The lowest BCUT2D eigenvalue weighted by Crippen LogP contribution is -2.19. The lowest BCUT2D eigenvalue weighted by atomic mass is 9.81. The lowest BCUT2D eigenvalue weighted by molar-refractivity contribution is 0.473. The van der Waals surface area contributed by atoms with E-state index in [0.717, 1.165) is 6.54 Å². The van der Waals surface area contributed by atoms with Crippen LogP contribution >= 0.6 is 0 Å². The topological polar surface area (TPSA) is 17.8 Å². The fraction of sp³-hybridized carbons (Fsp3) is 0.800. The van der Waals surface area contributed by atoms with Gasteiger partial charge in [-0.15, -0.1) is 0 Å². The van der Waals surface area contributed by atoms with Crippen molar-refractivity contribution < 1.29 is 0 Å². The standard InChI is InChI=1S/C15H26N2/c1-6-11(2)14-13(15(3,4)5)12-9-7-8-10-17(12)16-14/h11H,6-10H2,1-5H3. The Labute approximate surface area is 105 Å². The summed E-state index contributed by atoms with van der Waals surface area (Å²) in [6.07, 6.45) is 5.02. The molecule has 2 nitrogen and oxygen atoms in total. The van der Waals surface area contributed by atoms with E-state index < -0.39 is 0 Å². The minimum atomic E-state index is 0.226. The van der Waals surface area contributed by atoms with Crippen molar-refractivity contribution in [3.63, 3.8) is 0 Å². The van der Waals surface area contributed by atoms with Gasteiger partial charge in [-0.1, -0.05) is 34.6 Å². The molecule has 17 heavy (non-hydrogen) atoms. The number of nitrogens with zero attached hydrogens (tertiary/aromatic N) is 2. The van der Waals surface area contributed by atoms with Gasteiger partial charge in [0.05, 0.1) is 5.69 Å². The third-order valence-corrected chi connectivity index (χ3v) is 3.95. The first-order chi connectivity index (χ1) is 7.95. The molecule has 0 aliphatic carbocycles. The first-order valence-electron chi connectivity index (χ1n) is 7.05. The fourth-order valence-electron chi connectivity index (χ4n) is 2.87. The van der Waals surface area contributed by atoms with E-state index in [-0.39, 0.29) is 5.41 Å². The Balaban J connectivity index is 2.55. The van der Waals surface area contributed by atoms with Crippen molar-refractivity contribution in [1.82, 2.24) is 9.78 Å². The molecule has 0 N–H and O–H groups in total. The first kappa shape index (κ1) is 12.7. The average Bonchev–Trinajstić information content (AvgIpc) is 2.66. The Hall–Kier alpha value is -0.790. The Morgan fingerprint density at radius 1 is 1.29 bits per heavy atom. The maximum absolute atomic E-state index is 4.90. The molecule has 2 rings (SSSR count). The van der Waals surface area contributed by atoms with Gasteiger partial charge in [-0.3, -0.25) is 4.68 Å². The van der Waals surface area contributed by atoms with Crippen LogP contribution in [0.5, 0.6) is 0 Å². The maximum Gasteiger partial charge on any atom is 0.0692 e. The molecule has 2 heteroatoms. The van der Waals surface area contributed by atoms with Gasteiger partial charge >= 0.3 is 0 Å². The maximum atomic E-state index is 4.90. The van der Waals surface area contributed by atoms with Crippen molar-refractivity contribution >= 4 is 0 Å². The molecule has 1 unspecified atom stereocenters. The van der Waals surface area contributed by atoms with Crippen molar-refractivity contribution in [3.05, 3.63) is 17.0 Å². The van der Waals surface area contributed by atoms with Crippen LogP contribution in [0.25, 0.3) is 0 Å². The number of aromatic nitrogens is 2. The second-order valence-electron chi connectivity index (χ2n) is 6.45. The van der Waals surface area contributed by atoms with Gasteiger partial charge in [0.25, 0.3) is 0 Å². The van der Waals surface area contributed by atoms with Gasteiger partial charge in [0.15, 0.2) is 0 Å². The van der Waals surface area contributed by atoms with E-state index in [9.17, 15) is 0 Å². The van der Waals surface area contributed by atoms with E-state index in [2.05, 4.69) is 39.3 Å². The molecule has 0 aromatic carbocycles. The molecule has 2 heterocycles. The molecule has 1 aromatic heterocycles. The summed E-state index contributed by atoms with van der Waals surface area (Å²) in [6.45, 7) is 12.7. The predicted molar refractivity (Wildman–Crippen MR) is 72.6 cm³/mol. The predicted octanol–water partition coefficient (Wildman–Crippen LogP) is 4.03. The average molecular weight is 234 g/mol. The SMILES string of the molecule is CCC(C)c1nn2c(c1C(C)(C)C)CCCC2. The van der Waals surface area contributed by atoms with Gasteiger partial charge in [-0.05, 0) is 31.1 Å². The minimum absolute atomic E-state index is 0.226. The van der Waals surface area contributed by atoms with Crippen LogP contribution in [0.2, 0.25) is 0 Å². The van der Waals surface area contributed by atoms with E-state index in [1.54, 1.807) is 0 Å². The summed E-state index contributed by atoms with van der Waals surface area (Å²) in [5.41, 5.74) is 4.63. The summed E-state index contributed by atoms with van der Waals surface area (Å²) in [4.78, 5) is 0. The number of rotatable bonds is 2. The van der Waals surface area contributed by atoms with Gasteiger partial charge < -0.3 is 0 Å². The summed E-state index contributed by atoms with van der Waals surface area (Å²) in [5, 5.41) is 4.90. The Morgan fingerprint density at radius 2 is 2.00 bits per heavy atom. The van der Waals surface area contributed by atoms with Crippen LogP contribution < -0.4 is 0 Å². The van der Waals surface area contributed by atoms with Crippen LogP contribution in [-0.4, -0.2) is 9.78 Å². The summed E-state index contributed by atoms with van der Waals surface area (Å²) in [7, 11) is 0. The second-order valence-corrected chi connectivity index (χ2v) is 6.45. The minimum Gasteiger partial charge on any atom is -0.269 e. The van der Waals surface area contributed by atoms with E-state index in [1.165, 1.54) is 42.6 Å². The Bertz CT molecular complexity index is 396. The molecule has 0 amide bonds. The molecule has 96 valence electrons. The molecule has 0 radical (unpaired) electrons. The molecule has 1 aliphatic rings. The quantitative estimate of drug-likeness (QED) is 0.755. The van der Waals surface area contributed by atoms with E-state index >= 15 is 0 Å². The van der Waals surface area contributed by atoms with Crippen molar-refractivity contribution in [1.29, 1.82) is 0 Å². The third-order valence-electron chi connectivity index (χ3n) is 3.95. The zero-order chi connectivity index (χ0) is 12.6. The molecule has 1 atom stereocenters. The molecule has 0 fully saturated rings. The van der Waals surface area contributed by atoms with Gasteiger partial charge in [-0.25, -0.2) is 0 Å². The largest absolute Gasteiger partial charge is 0.269 e. The number of aryl methyl sites for hydroxylation is 1. The first-order valence-corrected chi connectivity index (χ1v) is 7.05. The third kappa shape index (κ3) is 2.27. The molecular weight excluding hydrogens is 208 g/mol. The Kier molecular flexibility index (Phi) is 3.33. The highest BCUT2D eigenvalue weighted by Crippen LogP contribution is 2.36. The molecule has 0 bridgehead atoms. The smallest absolute Gasteiger partial charge is 0.0692 e. The molecular formula is C15H26N2. The Morgan fingerprint density at radius 3 is 2.59 bits per heavy atom. The zero-order valence-electron chi connectivity index (χ0n) is 12.0. The summed E-state index contributed by atoms with van der Waals surface area (Å²) < 4.78 is 2.28. The van der Waals surface area contributed by atoms with Crippen LogP contribution in [0.15, 0.2) is 0 Å². The van der Waals surface area contributed by atoms with Crippen molar-refractivity contribution in [2.45, 2.75) is 78.2 Å². The lowest BCUT2D eigenvalue weighted by Gasteiger charge is -2.24. The van der Waals surface area contributed by atoms with Gasteiger partial charge in [0, 0.05) is 23.7 Å². The van der Waals surface area contributed by atoms with Crippen LogP contribution in [0, 0.1) is 0 Å². The van der Waals surface area contributed by atoms with E-state index in [0.29, 0.717) is 5.92 Å². The molecule has 0 saturated carbocycles. The normalized spacial score (nSPS) is 17.9. The highest BCUT2D eigenvalue weighted by Gasteiger charge is 2.30. The molecule has 0 spiro atoms. The molecule has 0 saturated heterocycles. The van der Waals surface area contributed by atoms with Crippen molar-refractivity contribution in [3.8, 4) is 0 Å². The van der Waals surface area contributed by atoms with Crippen LogP contribution in [-0.2, 0) is 18.4 Å². The van der Waals surface area contributed by atoms with Crippen LogP contribution in [0.1, 0.15) is 76.8 Å². The zero-order valence-corrected chi connectivity index (χ0v) is 12.0. The van der Waals surface area contributed by atoms with Crippen LogP contribution in [0.4, 0.5) is 0 Å². The van der Waals surface area contributed by atoms with Gasteiger partial charge in [0.1, 0.15) is 0 Å². The number of hydrogen-bond acceptors (Lipinski definition) is 1. The van der Waals surface area contributed by atoms with Gasteiger partial charge in [0.2, 0.25) is 0 Å². The van der Waals surface area contributed by atoms with Crippen molar-refractivity contribution in [2.24, 2.45) is 0 Å². The number of fused-ring (bicyclic) bond motifs is 1. The fourth-order valence-corrected chi connectivity index (χ4v) is 2.87. The van der Waals surface area contributed by atoms with Crippen molar-refractivity contribution in [2.75, 3.05) is 0 Å².